The molecule has 1 saturated heterocycles. The molecule has 2 aliphatic heterocycles. The van der Waals surface area contributed by atoms with Gasteiger partial charge >= 0.3 is 6.09 Å². The normalized spacial score (nSPS) is 25.4. The standard InChI is InChI=1S/C18H21BrF2N2O3S/c1-17(2,3)26-16(24)22-15-23-18(4-5-25-8-10(18)9-27-15)11-6-12(19)14(21)7-13(11)20/h6-7,10H,4-5,8-9H2,1-3H3,(H,22,23,24)/t10?,18-/m0/s1. The number of nitrogens with zero attached hydrogens (tertiary/aromatic N) is 1. The molecule has 148 valence electrons. The van der Waals surface area contributed by atoms with Crippen molar-refractivity contribution in [2.75, 3.05) is 19.0 Å². The van der Waals surface area contributed by atoms with Crippen LogP contribution >= 0.6 is 27.7 Å². The van der Waals surface area contributed by atoms with Gasteiger partial charge in [-0.3, -0.25) is 10.3 Å². The van der Waals surface area contributed by atoms with E-state index in [2.05, 4.69) is 21.2 Å². The average Bonchev–Trinajstić information content (AvgIpc) is 2.56. The smallest absolute Gasteiger partial charge is 0.413 e. The van der Waals surface area contributed by atoms with Gasteiger partial charge in [0.25, 0.3) is 0 Å². The maximum Gasteiger partial charge on any atom is 0.413 e. The summed E-state index contributed by atoms with van der Waals surface area (Å²) in [5.74, 6) is -0.831. The van der Waals surface area contributed by atoms with Crippen molar-refractivity contribution in [2.45, 2.75) is 38.3 Å². The second-order valence-corrected chi connectivity index (χ2v) is 9.41. The van der Waals surface area contributed by atoms with E-state index in [4.69, 9.17) is 14.5 Å². The number of nitrogens with one attached hydrogen (secondary N) is 1. The van der Waals surface area contributed by atoms with Gasteiger partial charge in [0.1, 0.15) is 17.2 Å². The Balaban J connectivity index is 1.98. The largest absolute Gasteiger partial charge is 0.444 e. The van der Waals surface area contributed by atoms with E-state index in [1.165, 1.54) is 17.8 Å². The van der Waals surface area contributed by atoms with Crippen molar-refractivity contribution in [3.63, 3.8) is 0 Å². The molecule has 0 spiro atoms. The Morgan fingerprint density at radius 2 is 2.15 bits per heavy atom. The molecule has 1 unspecified atom stereocenters. The summed E-state index contributed by atoms with van der Waals surface area (Å²) in [5.41, 5.74) is -1.27. The SMILES string of the molecule is CC(C)(C)OC(=O)NC1=N[C@@]2(c3cc(Br)c(F)cc3F)CCOCC2CS1. The highest BCUT2D eigenvalue weighted by molar-refractivity contribution is 9.10. The summed E-state index contributed by atoms with van der Waals surface area (Å²) in [5, 5.41) is 3.01. The molecule has 1 amide bonds. The van der Waals surface area contributed by atoms with Gasteiger partial charge in [0, 0.05) is 36.3 Å². The van der Waals surface area contributed by atoms with Gasteiger partial charge in [-0.1, -0.05) is 11.8 Å². The molecule has 2 heterocycles. The molecular weight excluding hydrogens is 442 g/mol. The molecule has 0 saturated carbocycles. The second kappa shape index (κ2) is 7.67. The number of benzene rings is 1. The molecule has 2 aliphatic rings. The van der Waals surface area contributed by atoms with Gasteiger partial charge in [0.2, 0.25) is 0 Å². The molecule has 2 atom stereocenters. The number of rotatable bonds is 1. The summed E-state index contributed by atoms with van der Waals surface area (Å²) < 4.78 is 39.4. The number of ether oxygens (including phenoxy) is 2. The van der Waals surface area contributed by atoms with Crippen molar-refractivity contribution >= 4 is 39.0 Å². The molecule has 27 heavy (non-hydrogen) atoms. The zero-order valence-corrected chi connectivity index (χ0v) is 17.7. The number of alkyl carbamates (subject to hydrolysis) is 1. The zero-order valence-electron chi connectivity index (χ0n) is 15.3. The quantitative estimate of drug-likeness (QED) is 0.620. The third kappa shape index (κ3) is 4.46. The Labute approximate surface area is 169 Å². The number of hydrogen-bond donors (Lipinski definition) is 1. The first-order valence-electron chi connectivity index (χ1n) is 8.56. The van der Waals surface area contributed by atoms with Crippen molar-refractivity contribution in [3.8, 4) is 0 Å². The third-order valence-corrected chi connectivity index (χ3v) is 6.07. The molecule has 5 nitrogen and oxygen atoms in total. The van der Waals surface area contributed by atoms with Crippen molar-refractivity contribution < 1.29 is 23.0 Å². The maximum atomic E-state index is 14.7. The van der Waals surface area contributed by atoms with E-state index < -0.39 is 28.9 Å². The van der Waals surface area contributed by atoms with E-state index in [0.717, 1.165) is 6.07 Å². The molecule has 0 aromatic heterocycles. The Hall–Kier alpha value is -1.19. The third-order valence-electron chi connectivity index (χ3n) is 4.43. The molecule has 1 aromatic rings. The monoisotopic (exact) mass is 462 g/mol. The molecule has 0 bridgehead atoms. The topological polar surface area (TPSA) is 59.9 Å². The Morgan fingerprint density at radius 3 is 2.85 bits per heavy atom. The molecule has 1 aromatic carbocycles. The second-order valence-electron chi connectivity index (χ2n) is 7.55. The molecule has 3 rings (SSSR count). The van der Waals surface area contributed by atoms with Crippen LogP contribution in [0.2, 0.25) is 0 Å². The van der Waals surface area contributed by atoms with E-state index in [0.29, 0.717) is 36.1 Å². The van der Waals surface area contributed by atoms with Crippen LogP contribution in [0.15, 0.2) is 21.6 Å². The van der Waals surface area contributed by atoms with E-state index in [-0.39, 0.29) is 10.4 Å². The number of amidine groups is 1. The lowest BCUT2D eigenvalue weighted by Gasteiger charge is -2.44. The lowest BCUT2D eigenvalue weighted by atomic mass is 9.75. The lowest BCUT2D eigenvalue weighted by molar-refractivity contribution is 0.00861. The predicted molar refractivity (Wildman–Crippen MR) is 104 cm³/mol. The van der Waals surface area contributed by atoms with Crippen LogP contribution in [0, 0.1) is 17.6 Å². The number of hydrogen-bond acceptors (Lipinski definition) is 5. The predicted octanol–water partition coefficient (Wildman–Crippen LogP) is 4.59. The number of halogens is 3. The van der Waals surface area contributed by atoms with Crippen molar-refractivity contribution in [2.24, 2.45) is 10.9 Å². The molecule has 1 fully saturated rings. The van der Waals surface area contributed by atoms with Gasteiger partial charge < -0.3 is 9.47 Å². The van der Waals surface area contributed by atoms with Crippen LogP contribution in [-0.4, -0.2) is 35.8 Å². The van der Waals surface area contributed by atoms with Gasteiger partial charge in [-0.2, -0.15) is 0 Å². The minimum atomic E-state index is -0.922. The van der Waals surface area contributed by atoms with E-state index in [9.17, 15) is 13.6 Å². The molecule has 0 aliphatic carbocycles. The molecule has 0 radical (unpaired) electrons. The average molecular weight is 463 g/mol. The van der Waals surface area contributed by atoms with Crippen LogP contribution in [0.5, 0.6) is 0 Å². The summed E-state index contributed by atoms with van der Waals surface area (Å²) in [7, 11) is 0. The number of carbonyl (C=O) groups is 1. The van der Waals surface area contributed by atoms with Crippen molar-refractivity contribution in [1.29, 1.82) is 0 Å². The first-order chi connectivity index (χ1) is 12.6. The fourth-order valence-corrected chi connectivity index (χ4v) is 4.70. The van der Waals surface area contributed by atoms with Crippen molar-refractivity contribution in [1.82, 2.24) is 5.32 Å². The van der Waals surface area contributed by atoms with Crippen LogP contribution in [0.1, 0.15) is 32.8 Å². The minimum Gasteiger partial charge on any atom is -0.444 e. The lowest BCUT2D eigenvalue weighted by Crippen LogP contribution is -2.48. The highest BCUT2D eigenvalue weighted by atomic mass is 79.9. The zero-order chi connectivity index (χ0) is 19.8. The van der Waals surface area contributed by atoms with E-state index in [1.807, 2.05) is 0 Å². The number of carbonyl (C=O) groups excluding carboxylic acids is 1. The molecular formula is C18H21BrF2N2O3S. The number of thioether (sulfide) groups is 1. The molecule has 1 N–H and O–H groups in total. The number of amides is 1. The number of fused-ring (bicyclic) bond motifs is 1. The van der Waals surface area contributed by atoms with Crippen LogP contribution in [-0.2, 0) is 15.0 Å². The van der Waals surface area contributed by atoms with E-state index >= 15 is 0 Å². The van der Waals surface area contributed by atoms with Gasteiger partial charge in [-0.25, -0.2) is 13.6 Å². The van der Waals surface area contributed by atoms with Crippen LogP contribution < -0.4 is 5.32 Å². The van der Waals surface area contributed by atoms with E-state index in [1.54, 1.807) is 20.8 Å². The summed E-state index contributed by atoms with van der Waals surface area (Å²) >= 11 is 4.49. The van der Waals surface area contributed by atoms with Gasteiger partial charge in [-0.05, 0) is 42.8 Å². The maximum absolute atomic E-state index is 14.7. The Bertz CT molecular complexity index is 785. The minimum absolute atomic E-state index is 0.0905. The fourth-order valence-electron chi connectivity index (χ4n) is 3.25. The first-order valence-corrected chi connectivity index (χ1v) is 10.3. The van der Waals surface area contributed by atoms with Crippen LogP contribution in [0.25, 0.3) is 0 Å². The van der Waals surface area contributed by atoms with Crippen LogP contribution in [0.4, 0.5) is 13.6 Å². The van der Waals surface area contributed by atoms with Gasteiger partial charge in [0.05, 0.1) is 16.6 Å². The highest BCUT2D eigenvalue weighted by Crippen LogP contribution is 2.47. The summed E-state index contributed by atoms with van der Waals surface area (Å²) in [6.07, 6.45) is -0.178. The summed E-state index contributed by atoms with van der Waals surface area (Å²) in [4.78, 5) is 16.8. The first kappa shape index (κ1) is 20.5. The van der Waals surface area contributed by atoms with Gasteiger partial charge in [0.15, 0.2) is 5.17 Å². The molecule has 9 heteroatoms. The Kier molecular flexibility index (Phi) is 5.84. The summed E-state index contributed by atoms with van der Waals surface area (Å²) in [6, 6.07) is 2.30. The fraction of sp³-hybridized carbons (Fsp3) is 0.556. The highest BCUT2D eigenvalue weighted by Gasteiger charge is 2.47. The Morgan fingerprint density at radius 1 is 1.41 bits per heavy atom. The van der Waals surface area contributed by atoms with Crippen LogP contribution in [0.3, 0.4) is 0 Å². The summed E-state index contributed by atoms with van der Waals surface area (Å²) in [6.45, 7) is 6.13. The van der Waals surface area contributed by atoms with Crippen molar-refractivity contribution in [3.05, 3.63) is 33.8 Å². The van der Waals surface area contributed by atoms with Gasteiger partial charge in [-0.15, -0.1) is 0 Å². The number of aliphatic imine (C=N–C) groups is 1.